The number of nitrogens with zero attached hydrogens (tertiary/aromatic N) is 1. The molecular weight excluding hydrogens is 417 g/mol. The number of hydrogen-bond acceptors (Lipinski definition) is 4. The van der Waals surface area contributed by atoms with Gasteiger partial charge in [0.1, 0.15) is 5.75 Å². The number of anilines is 2. The molecule has 1 saturated heterocycles. The molecule has 0 spiro atoms. The summed E-state index contributed by atoms with van der Waals surface area (Å²) in [5.41, 5.74) is 2.00. The summed E-state index contributed by atoms with van der Waals surface area (Å²) in [5.74, 6) is 0.00213. The molecule has 2 aromatic carbocycles. The minimum atomic E-state index is -0.782. The second kappa shape index (κ2) is 9.45. The molecule has 0 radical (unpaired) electrons. The minimum absolute atomic E-state index is 0.205. The molecule has 1 amide bonds. The molecule has 8 heteroatoms. The van der Waals surface area contributed by atoms with Crippen molar-refractivity contribution in [3.8, 4) is 5.75 Å². The number of amides is 1. The largest absolute Gasteiger partial charge is 0.479 e. The zero-order valence-corrected chi connectivity index (χ0v) is 17.7. The molecule has 1 heterocycles. The minimum Gasteiger partial charge on any atom is -0.479 e. The van der Waals surface area contributed by atoms with E-state index in [0.717, 1.165) is 18.8 Å². The van der Waals surface area contributed by atoms with E-state index in [1.807, 2.05) is 24.3 Å². The quantitative estimate of drug-likeness (QED) is 0.653. The lowest BCUT2D eigenvalue weighted by Crippen LogP contribution is -2.42. The molecule has 5 nitrogen and oxygen atoms in total. The molecule has 2 aromatic rings. The van der Waals surface area contributed by atoms with Crippen molar-refractivity contribution in [1.29, 1.82) is 0 Å². The summed E-state index contributed by atoms with van der Waals surface area (Å²) >= 11 is 17.2. The van der Waals surface area contributed by atoms with Crippen LogP contribution in [0, 0.1) is 0 Å². The molecule has 1 aliphatic heterocycles. The average Bonchev–Trinajstić information content (AvgIpc) is 3.19. The maximum Gasteiger partial charge on any atom is 0.266 e. The Hall–Kier alpha value is -2.02. The van der Waals surface area contributed by atoms with Crippen LogP contribution in [-0.4, -0.2) is 30.2 Å². The van der Waals surface area contributed by atoms with Crippen molar-refractivity contribution in [2.75, 3.05) is 23.3 Å². The zero-order valence-electron chi connectivity index (χ0n) is 15.4. The lowest BCUT2D eigenvalue weighted by Gasteiger charge is -2.18. The molecule has 1 fully saturated rings. The number of ether oxygens (including phenoxy) is 1. The maximum atomic E-state index is 12.3. The Morgan fingerprint density at radius 3 is 2.46 bits per heavy atom. The molecule has 1 aliphatic rings. The summed E-state index contributed by atoms with van der Waals surface area (Å²) in [4.78, 5) is 14.7. The van der Waals surface area contributed by atoms with E-state index < -0.39 is 6.10 Å². The Kier molecular flexibility index (Phi) is 6.99. The molecule has 2 N–H and O–H groups in total. The van der Waals surface area contributed by atoms with E-state index in [1.165, 1.54) is 18.5 Å². The molecule has 1 atom stereocenters. The molecule has 0 aliphatic carbocycles. The first-order chi connectivity index (χ1) is 13.4. The van der Waals surface area contributed by atoms with Gasteiger partial charge in [-0.1, -0.05) is 23.2 Å². The lowest BCUT2D eigenvalue weighted by molar-refractivity contribution is -0.125. The van der Waals surface area contributed by atoms with Gasteiger partial charge in [-0.25, -0.2) is 0 Å². The van der Waals surface area contributed by atoms with Crippen molar-refractivity contribution in [2.24, 2.45) is 0 Å². The van der Waals surface area contributed by atoms with Crippen molar-refractivity contribution in [2.45, 2.75) is 25.9 Å². The van der Waals surface area contributed by atoms with Gasteiger partial charge in [0.2, 0.25) is 0 Å². The predicted octanol–water partition coefficient (Wildman–Crippen LogP) is 4.87. The van der Waals surface area contributed by atoms with Crippen LogP contribution in [0.2, 0.25) is 10.0 Å². The standard InChI is InChI=1S/C20H21Cl2N3O2S/c1-13(27-18-9-4-14(21)12-17(18)22)19(26)24-20(28)23-15-5-7-16(8-6-15)25-10-2-3-11-25/h4-9,12-13H,2-3,10-11H2,1H3,(H2,23,24,26,28). The van der Waals surface area contributed by atoms with E-state index in [2.05, 4.69) is 15.5 Å². The molecule has 28 heavy (non-hydrogen) atoms. The van der Waals surface area contributed by atoms with Gasteiger partial charge in [0.25, 0.3) is 5.91 Å². The third-order valence-corrected chi connectivity index (χ3v) is 5.13. The fourth-order valence-electron chi connectivity index (χ4n) is 2.92. The van der Waals surface area contributed by atoms with Gasteiger partial charge in [0.05, 0.1) is 5.02 Å². The summed E-state index contributed by atoms with van der Waals surface area (Å²) in [6.45, 7) is 3.81. The van der Waals surface area contributed by atoms with Crippen LogP contribution in [0.25, 0.3) is 0 Å². The average molecular weight is 438 g/mol. The molecule has 1 unspecified atom stereocenters. The van der Waals surface area contributed by atoms with Crippen LogP contribution in [0.4, 0.5) is 11.4 Å². The summed E-state index contributed by atoms with van der Waals surface area (Å²) in [5, 5.41) is 6.68. The summed E-state index contributed by atoms with van der Waals surface area (Å²) in [7, 11) is 0. The van der Waals surface area contributed by atoms with Crippen LogP contribution < -0.4 is 20.3 Å². The van der Waals surface area contributed by atoms with Gasteiger partial charge in [-0.2, -0.15) is 0 Å². The van der Waals surface area contributed by atoms with Gasteiger partial charge >= 0.3 is 0 Å². The van der Waals surface area contributed by atoms with Crippen molar-refractivity contribution in [1.82, 2.24) is 5.32 Å². The van der Waals surface area contributed by atoms with Gasteiger partial charge < -0.3 is 15.0 Å². The SMILES string of the molecule is CC(Oc1ccc(Cl)cc1Cl)C(=O)NC(=S)Nc1ccc(N2CCCC2)cc1. The van der Waals surface area contributed by atoms with Gasteiger partial charge in [-0.05, 0) is 74.4 Å². The highest BCUT2D eigenvalue weighted by molar-refractivity contribution is 7.80. The van der Waals surface area contributed by atoms with Crippen LogP contribution >= 0.6 is 35.4 Å². The summed E-state index contributed by atoms with van der Waals surface area (Å²) in [6, 6.07) is 12.8. The number of nitrogens with one attached hydrogen (secondary N) is 2. The first-order valence-corrected chi connectivity index (χ1v) is 10.2. The summed E-state index contributed by atoms with van der Waals surface area (Å²) < 4.78 is 5.59. The number of benzene rings is 2. The molecule has 3 rings (SSSR count). The van der Waals surface area contributed by atoms with Crippen molar-refractivity contribution < 1.29 is 9.53 Å². The van der Waals surface area contributed by atoms with Crippen LogP contribution in [-0.2, 0) is 4.79 Å². The van der Waals surface area contributed by atoms with E-state index >= 15 is 0 Å². The van der Waals surface area contributed by atoms with E-state index in [-0.39, 0.29) is 11.0 Å². The molecular formula is C20H21Cl2N3O2S. The van der Waals surface area contributed by atoms with Crippen molar-refractivity contribution in [3.05, 3.63) is 52.5 Å². The fraction of sp³-hybridized carbons (Fsp3) is 0.300. The second-order valence-corrected chi connectivity index (χ2v) is 7.77. The lowest BCUT2D eigenvalue weighted by atomic mass is 10.2. The Labute approximate surface area is 180 Å². The normalized spacial score (nSPS) is 14.5. The van der Waals surface area contributed by atoms with Crippen LogP contribution in [0.1, 0.15) is 19.8 Å². The van der Waals surface area contributed by atoms with Gasteiger partial charge in [0.15, 0.2) is 11.2 Å². The third-order valence-electron chi connectivity index (χ3n) is 4.40. The smallest absolute Gasteiger partial charge is 0.266 e. The number of thiocarbonyl (C=S) groups is 1. The molecule has 148 valence electrons. The molecule has 0 saturated carbocycles. The van der Waals surface area contributed by atoms with E-state index in [4.69, 9.17) is 40.2 Å². The topological polar surface area (TPSA) is 53.6 Å². The number of carbonyl (C=O) groups excluding carboxylic acids is 1. The summed E-state index contributed by atoms with van der Waals surface area (Å²) in [6.07, 6.45) is 1.69. The van der Waals surface area contributed by atoms with Crippen LogP contribution in [0.3, 0.4) is 0 Å². The third kappa shape index (κ3) is 5.50. The van der Waals surface area contributed by atoms with E-state index in [0.29, 0.717) is 15.8 Å². The first-order valence-electron chi connectivity index (χ1n) is 9.01. The highest BCUT2D eigenvalue weighted by atomic mass is 35.5. The Morgan fingerprint density at radius 1 is 1.14 bits per heavy atom. The van der Waals surface area contributed by atoms with Crippen molar-refractivity contribution >= 4 is 57.8 Å². The Bertz CT molecular complexity index is 855. The second-order valence-electron chi connectivity index (χ2n) is 6.52. The Balaban J connectivity index is 1.51. The highest BCUT2D eigenvalue weighted by Crippen LogP contribution is 2.28. The van der Waals surface area contributed by atoms with E-state index in [9.17, 15) is 4.79 Å². The van der Waals surface area contributed by atoms with Gasteiger partial charge in [-0.3, -0.25) is 10.1 Å². The van der Waals surface area contributed by atoms with Crippen molar-refractivity contribution in [3.63, 3.8) is 0 Å². The first kappa shape index (κ1) is 20.7. The predicted molar refractivity (Wildman–Crippen MR) is 119 cm³/mol. The maximum absolute atomic E-state index is 12.3. The molecule has 0 aromatic heterocycles. The zero-order chi connectivity index (χ0) is 20.1. The monoisotopic (exact) mass is 437 g/mol. The van der Waals surface area contributed by atoms with Gasteiger partial charge in [0, 0.05) is 29.5 Å². The van der Waals surface area contributed by atoms with Gasteiger partial charge in [-0.15, -0.1) is 0 Å². The number of halogens is 2. The Morgan fingerprint density at radius 2 is 1.82 bits per heavy atom. The van der Waals surface area contributed by atoms with Crippen LogP contribution in [0.15, 0.2) is 42.5 Å². The highest BCUT2D eigenvalue weighted by Gasteiger charge is 2.18. The fourth-order valence-corrected chi connectivity index (χ4v) is 3.59. The number of hydrogen-bond donors (Lipinski definition) is 2. The van der Waals surface area contributed by atoms with E-state index in [1.54, 1.807) is 25.1 Å². The number of rotatable bonds is 5. The molecule has 0 bridgehead atoms. The van der Waals surface area contributed by atoms with Crippen LogP contribution in [0.5, 0.6) is 5.75 Å². The number of carbonyl (C=O) groups is 1.